The molecule has 12 nitrogen and oxygen atoms in total. The normalized spacial score (nSPS) is 22.3. The lowest BCUT2D eigenvalue weighted by molar-refractivity contribution is -0.150. The van der Waals surface area contributed by atoms with E-state index < -0.39 is 40.7 Å². The topological polar surface area (TPSA) is 179 Å². The molecule has 0 radical (unpaired) electrons. The van der Waals surface area contributed by atoms with Crippen LogP contribution in [0, 0.1) is 5.82 Å². The van der Waals surface area contributed by atoms with Crippen LogP contribution in [-0.4, -0.2) is 78.2 Å². The molecule has 0 saturated carbocycles. The summed E-state index contributed by atoms with van der Waals surface area (Å²) in [5, 5.41) is 25.5. The van der Waals surface area contributed by atoms with Gasteiger partial charge in [-0.05, 0) is 35.8 Å². The van der Waals surface area contributed by atoms with Gasteiger partial charge < -0.3 is 26.3 Å². The number of β-lactam (4-membered cyclic amide) rings is 1. The Bertz CT molecular complexity index is 1490. The molecular formula is C24H21FN6O6S2. The second-order valence-corrected chi connectivity index (χ2v) is 10.8. The SMILES string of the molecule is Nc1nc(C(=NO)C(=O)N[C@@H]2C(=O)N3C(C(=O)O)=C(C=C4CCN(Cc5cccc(F)c5)C4=O)CS[C@H]23)cs1. The van der Waals surface area contributed by atoms with E-state index in [1.165, 1.54) is 35.4 Å². The molecule has 202 valence electrons. The highest BCUT2D eigenvalue weighted by Crippen LogP contribution is 2.41. The first kappa shape index (κ1) is 26.4. The Kier molecular flexibility index (Phi) is 7.10. The molecule has 2 fully saturated rings. The lowest BCUT2D eigenvalue weighted by Gasteiger charge is -2.49. The van der Waals surface area contributed by atoms with Crippen molar-refractivity contribution in [1.82, 2.24) is 20.1 Å². The van der Waals surface area contributed by atoms with Crippen molar-refractivity contribution in [2.24, 2.45) is 5.16 Å². The van der Waals surface area contributed by atoms with Gasteiger partial charge in [0.1, 0.15) is 28.6 Å². The number of nitrogen functional groups attached to an aromatic ring is 1. The van der Waals surface area contributed by atoms with Crippen LogP contribution < -0.4 is 11.1 Å². The maximum Gasteiger partial charge on any atom is 0.352 e. The molecule has 4 heterocycles. The first-order chi connectivity index (χ1) is 18.7. The fourth-order valence-corrected chi connectivity index (χ4v) is 6.44. The molecule has 0 bridgehead atoms. The van der Waals surface area contributed by atoms with Gasteiger partial charge in [-0.2, -0.15) is 0 Å². The zero-order valence-corrected chi connectivity index (χ0v) is 21.7. The minimum absolute atomic E-state index is 0.0325. The van der Waals surface area contributed by atoms with Crippen LogP contribution in [0.2, 0.25) is 0 Å². The number of aromatic nitrogens is 1. The lowest BCUT2D eigenvalue weighted by atomic mass is 10.0. The van der Waals surface area contributed by atoms with Crippen molar-refractivity contribution in [3.8, 4) is 0 Å². The number of hydrogen-bond donors (Lipinski definition) is 4. The van der Waals surface area contributed by atoms with Gasteiger partial charge in [-0.25, -0.2) is 14.2 Å². The van der Waals surface area contributed by atoms with E-state index in [9.17, 15) is 33.9 Å². The standard InChI is InChI=1S/C24H21FN6O6S2/c25-14-3-1-2-11(6-14)8-30-5-4-12(20(30)33)7-13-9-38-22-17(21(34)31(22)18(13)23(35)36)28-19(32)16(29-37)15-10-39-24(26)27-15/h1-3,6-7,10,17,22,37H,4-5,8-9H2,(H2,26,27)(H,28,32)(H,35,36)/t17-,22-/m1/s1. The number of carbonyl (C=O) groups is 4. The summed E-state index contributed by atoms with van der Waals surface area (Å²) in [6, 6.07) is 4.89. The number of carboxylic acids is 1. The minimum Gasteiger partial charge on any atom is -0.477 e. The highest BCUT2D eigenvalue weighted by atomic mass is 32.2. The Balaban J connectivity index is 1.32. The van der Waals surface area contributed by atoms with Crippen LogP contribution in [0.15, 0.2) is 57.7 Å². The van der Waals surface area contributed by atoms with Gasteiger partial charge in [-0.3, -0.25) is 19.3 Å². The van der Waals surface area contributed by atoms with Crippen LogP contribution in [0.25, 0.3) is 0 Å². The van der Waals surface area contributed by atoms with Crippen molar-refractivity contribution >= 4 is 57.6 Å². The number of benzene rings is 1. The molecule has 0 unspecified atom stereocenters. The molecule has 5 N–H and O–H groups in total. The maximum absolute atomic E-state index is 13.5. The summed E-state index contributed by atoms with van der Waals surface area (Å²) >= 11 is 2.26. The number of amides is 3. The van der Waals surface area contributed by atoms with Gasteiger partial charge in [-0.15, -0.1) is 23.1 Å². The highest BCUT2D eigenvalue weighted by Gasteiger charge is 2.54. The van der Waals surface area contributed by atoms with Gasteiger partial charge in [0.25, 0.3) is 11.8 Å². The Morgan fingerprint density at radius 1 is 1.33 bits per heavy atom. The van der Waals surface area contributed by atoms with E-state index in [-0.39, 0.29) is 34.7 Å². The fraction of sp³-hybridized carbons (Fsp3) is 0.250. The summed E-state index contributed by atoms with van der Waals surface area (Å²) in [5.41, 5.74) is 6.23. The molecule has 2 saturated heterocycles. The smallest absolute Gasteiger partial charge is 0.352 e. The molecule has 5 rings (SSSR count). The Hall–Kier alpha value is -4.24. The fourth-order valence-electron chi connectivity index (χ4n) is 4.59. The number of allylic oxidation sites excluding steroid dienone is 1. The average Bonchev–Trinajstić information content (AvgIpc) is 3.48. The van der Waals surface area contributed by atoms with E-state index in [1.807, 2.05) is 0 Å². The van der Waals surface area contributed by atoms with Crippen LogP contribution in [0.4, 0.5) is 9.52 Å². The predicted molar refractivity (Wildman–Crippen MR) is 139 cm³/mol. The Morgan fingerprint density at radius 3 is 2.79 bits per heavy atom. The van der Waals surface area contributed by atoms with Crippen molar-refractivity contribution < 1.29 is 33.9 Å². The van der Waals surface area contributed by atoms with Gasteiger partial charge >= 0.3 is 5.97 Å². The third-order valence-electron chi connectivity index (χ3n) is 6.39. The molecule has 3 aliphatic rings. The summed E-state index contributed by atoms with van der Waals surface area (Å²) in [6.45, 7) is 0.608. The van der Waals surface area contributed by atoms with Gasteiger partial charge in [0.2, 0.25) is 5.91 Å². The van der Waals surface area contributed by atoms with E-state index in [0.29, 0.717) is 29.7 Å². The molecule has 2 aromatic rings. The van der Waals surface area contributed by atoms with Crippen molar-refractivity contribution in [2.45, 2.75) is 24.4 Å². The largest absolute Gasteiger partial charge is 0.477 e. The lowest BCUT2D eigenvalue weighted by Crippen LogP contribution is -2.71. The second kappa shape index (κ2) is 10.5. The van der Waals surface area contributed by atoms with E-state index in [4.69, 9.17) is 5.73 Å². The van der Waals surface area contributed by atoms with Gasteiger partial charge in [0, 0.05) is 29.8 Å². The zero-order chi connectivity index (χ0) is 27.8. The molecule has 15 heteroatoms. The molecule has 3 aliphatic heterocycles. The van der Waals surface area contributed by atoms with E-state index in [2.05, 4.69) is 15.5 Å². The maximum atomic E-state index is 13.5. The number of likely N-dealkylation sites (tertiary alicyclic amines) is 1. The number of thioether (sulfide) groups is 1. The third-order valence-corrected chi connectivity index (χ3v) is 8.37. The predicted octanol–water partition coefficient (Wildman–Crippen LogP) is 1.14. The molecule has 1 aromatic heterocycles. The first-order valence-electron chi connectivity index (χ1n) is 11.6. The summed E-state index contributed by atoms with van der Waals surface area (Å²) in [6.07, 6.45) is 1.87. The first-order valence-corrected chi connectivity index (χ1v) is 13.5. The van der Waals surface area contributed by atoms with Crippen molar-refractivity contribution in [1.29, 1.82) is 0 Å². The third kappa shape index (κ3) is 4.97. The Labute approximate surface area is 228 Å². The van der Waals surface area contributed by atoms with E-state index >= 15 is 0 Å². The van der Waals surface area contributed by atoms with Crippen LogP contribution in [0.1, 0.15) is 17.7 Å². The van der Waals surface area contributed by atoms with Crippen LogP contribution in [-0.2, 0) is 25.7 Å². The molecule has 3 amide bonds. The van der Waals surface area contributed by atoms with Crippen molar-refractivity contribution in [2.75, 3.05) is 18.0 Å². The van der Waals surface area contributed by atoms with Crippen LogP contribution >= 0.6 is 23.1 Å². The minimum atomic E-state index is -1.34. The van der Waals surface area contributed by atoms with Crippen molar-refractivity contribution in [3.63, 3.8) is 0 Å². The number of fused-ring (bicyclic) bond motifs is 1. The summed E-state index contributed by atoms with van der Waals surface area (Å²) in [7, 11) is 0. The molecule has 0 aliphatic carbocycles. The number of hydrogen-bond acceptors (Lipinski definition) is 10. The number of thiazole rings is 1. The molecule has 0 spiro atoms. The number of anilines is 1. The zero-order valence-electron chi connectivity index (χ0n) is 20.0. The van der Waals surface area contributed by atoms with Crippen LogP contribution in [0.3, 0.4) is 0 Å². The number of nitrogens with one attached hydrogen (secondary N) is 1. The molecule has 1 aromatic carbocycles. The number of carbonyl (C=O) groups excluding carboxylic acids is 3. The summed E-state index contributed by atoms with van der Waals surface area (Å²) < 4.78 is 13.5. The average molecular weight is 573 g/mol. The van der Waals surface area contributed by atoms with E-state index in [0.717, 1.165) is 16.2 Å². The second-order valence-electron chi connectivity index (χ2n) is 8.84. The van der Waals surface area contributed by atoms with Crippen molar-refractivity contribution in [3.05, 3.63) is 69.6 Å². The molecular weight excluding hydrogens is 551 g/mol. The van der Waals surface area contributed by atoms with Gasteiger partial charge in [0.15, 0.2) is 10.8 Å². The van der Waals surface area contributed by atoms with Gasteiger partial charge in [-0.1, -0.05) is 17.3 Å². The number of oxime groups is 1. The molecule has 2 atom stereocenters. The number of rotatable bonds is 7. The number of nitrogens with two attached hydrogens (primary N) is 1. The highest BCUT2D eigenvalue weighted by molar-refractivity contribution is 8.00. The quantitative estimate of drug-likeness (QED) is 0.124. The number of carboxylic acid groups (broad SMARTS) is 1. The Morgan fingerprint density at radius 2 is 2.13 bits per heavy atom. The van der Waals surface area contributed by atoms with E-state index in [1.54, 1.807) is 17.0 Å². The number of nitrogens with zero attached hydrogens (tertiary/aromatic N) is 4. The molecule has 39 heavy (non-hydrogen) atoms. The summed E-state index contributed by atoms with van der Waals surface area (Å²) in [5.74, 6) is -3.39. The van der Waals surface area contributed by atoms with Gasteiger partial charge in [0.05, 0.1) is 0 Å². The number of halogens is 1. The number of aliphatic carboxylic acids is 1. The summed E-state index contributed by atoms with van der Waals surface area (Å²) in [4.78, 5) is 57.3. The monoisotopic (exact) mass is 572 g/mol. The van der Waals surface area contributed by atoms with Crippen LogP contribution in [0.5, 0.6) is 0 Å².